The van der Waals surface area contributed by atoms with E-state index < -0.39 is 17.5 Å². The van der Waals surface area contributed by atoms with Crippen molar-refractivity contribution in [2.45, 2.75) is 26.5 Å². The molecule has 2 aromatic carbocycles. The third-order valence-corrected chi connectivity index (χ3v) is 4.63. The molecule has 0 aliphatic rings. The van der Waals surface area contributed by atoms with Crippen LogP contribution in [0.25, 0.3) is 0 Å². The van der Waals surface area contributed by atoms with Gasteiger partial charge in [-0.1, -0.05) is 11.3 Å². The second-order valence-corrected chi connectivity index (χ2v) is 7.59. The van der Waals surface area contributed by atoms with Crippen molar-refractivity contribution in [3.8, 4) is 5.75 Å². The van der Waals surface area contributed by atoms with Gasteiger partial charge in [-0.05, 0) is 50.2 Å². The van der Waals surface area contributed by atoms with Crippen molar-refractivity contribution >= 4 is 28.8 Å². The molecule has 0 spiro atoms. The van der Waals surface area contributed by atoms with Gasteiger partial charge in [0.2, 0.25) is 5.01 Å². The van der Waals surface area contributed by atoms with Crippen molar-refractivity contribution in [2.75, 3.05) is 5.32 Å². The summed E-state index contributed by atoms with van der Waals surface area (Å²) in [6.07, 6.45) is 0. The first-order chi connectivity index (χ1) is 14.3. The molecule has 7 nitrogen and oxygen atoms in total. The van der Waals surface area contributed by atoms with Crippen LogP contribution in [-0.4, -0.2) is 28.1 Å². The van der Waals surface area contributed by atoms with E-state index in [9.17, 15) is 18.4 Å². The summed E-state index contributed by atoms with van der Waals surface area (Å²) in [5.41, 5.74) is 0.622. The Balaban J connectivity index is 1.55. The molecule has 0 bridgehead atoms. The molecule has 3 rings (SSSR count). The monoisotopic (exact) mass is 432 g/mol. The molecule has 0 atom stereocenters. The first kappa shape index (κ1) is 21.3. The van der Waals surface area contributed by atoms with Gasteiger partial charge in [0, 0.05) is 23.4 Å². The van der Waals surface area contributed by atoms with Crippen molar-refractivity contribution < 1.29 is 23.1 Å². The lowest BCUT2D eigenvalue weighted by atomic mass is 10.2. The number of ether oxygens (including phenoxy) is 1. The number of amides is 2. The van der Waals surface area contributed by atoms with E-state index in [1.807, 2.05) is 13.8 Å². The van der Waals surface area contributed by atoms with Crippen LogP contribution in [-0.2, 0) is 6.61 Å². The van der Waals surface area contributed by atoms with Crippen LogP contribution >= 0.6 is 11.3 Å². The molecule has 1 heterocycles. The van der Waals surface area contributed by atoms with Crippen molar-refractivity contribution in [1.29, 1.82) is 0 Å². The van der Waals surface area contributed by atoms with Gasteiger partial charge in [0.1, 0.15) is 12.4 Å². The summed E-state index contributed by atoms with van der Waals surface area (Å²) in [5.74, 6) is -2.30. The molecule has 30 heavy (non-hydrogen) atoms. The highest BCUT2D eigenvalue weighted by Gasteiger charge is 2.15. The van der Waals surface area contributed by atoms with Gasteiger partial charge in [-0.25, -0.2) is 8.78 Å². The van der Waals surface area contributed by atoms with Crippen LogP contribution in [0.5, 0.6) is 5.75 Å². The summed E-state index contributed by atoms with van der Waals surface area (Å²) < 4.78 is 31.8. The summed E-state index contributed by atoms with van der Waals surface area (Å²) in [6, 6.07) is 9.69. The first-order valence-corrected chi connectivity index (χ1v) is 9.76. The summed E-state index contributed by atoms with van der Waals surface area (Å²) in [5, 5.41) is 13.4. The van der Waals surface area contributed by atoms with Crippen LogP contribution in [0.3, 0.4) is 0 Å². The molecule has 2 N–H and O–H groups in total. The molecule has 10 heteroatoms. The zero-order valence-electron chi connectivity index (χ0n) is 16.1. The zero-order valence-corrected chi connectivity index (χ0v) is 16.9. The quantitative estimate of drug-likeness (QED) is 0.593. The van der Waals surface area contributed by atoms with E-state index in [-0.39, 0.29) is 29.3 Å². The molecule has 0 saturated heterocycles. The van der Waals surface area contributed by atoms with Crippen molar-refractivity contribution in [3.63, 3.8) is 0 Å². The minimum atomic E-state index is -1.06. The van der Waals surface area contributed by atoms with Crippen LogP contribution in [0.1, 0.15) is 39.0 Å². The molecule has 1 aromatic heterocycles. The third kappa shape index (κ3) is 5.57. The first-order valence-electron chi connectivity index (χ1n) is 8.94. The van der Waals surface area contributed by atoms with E-state index in [0.717, 1.165) is 23.5 Å². The van der Waals surface area contributed by atoms with E-state index in [0.29, 0.717) is 16.3 Å². The van der Waals surface area contributed by atoms with E-state index in [1.165, 1.54) is 6.07 Å². The van der Waals surface area contributed by atoms with E-state index in [2.05, 4.69) is 20.8 Å². The number of halogens is 2. The molecular weight excluding hydrogens is 414 g/mol. The summed E-state index contributed by atoms with van der Waals surface area (Å²) >= 11 is 1.01. The summed E-state index contributed by atoms with van der Waals surface area (Å²) in [7, 11) is 0. The molecule has 0 aliphatic heterocycles. The number of benzene rings is 2. The lowest BCUT2D eigenvalue weighted by Crippen LogP contribution is -2.29. The number of anilines is 1. The Kier molecular flexibility index (Phi) is 6.68. The predicted molar refractivity (Wildman–Crippen MR) is 108 cm³/mol. The standard InChI is InChI=1S/C20H18F2N4O3S/c1-11(2)23-18(27)12-3-6-14(7-4-12)29-10-17-25-26-20(30-17)19(28)24-13-5-8-15(21)16(22)9-13/h3-9,11H,10H2,1-2H3,(H,23,27)(H,24,28). The average molecular weight is 432 g/mol. The number of rotatable bonds is 7. The third-order valence-electron chi connectivity index (χ3n) is 3.74. The van der Waals surface area contributed by atoms with E-state index in [1.54, 1.807) is 24.3 Å². The van der Waals surface area contributed by atoms with Gasteiger partial charge in [-0.2, -0.15) is 0 Å². The van der Waals surface area contributed by atoms with Crippen LogP contribution in [0.2, 0.25) is 0 Å². The Hall–Kier alpha value is -3.40. The Labute approximate surface area is 175 Å². The van der Waals surface area contributed by atoms with Gasteiger partial charge in [0.05, 0.1) is 0 Å². The Morgan fingerprint density at radius 1 is 1.03 bits per heavy atom. The molecule has 0 saturated carbocycles. The highest BCUT2D eigenvalue weighted by Crippen LogP contribution is 2.18. The fourth-order valence-corrected chi connectivity index (χ4v) is 3.00. The fourth-order valence-electron chi connectivity index (χ4n) is 2.36. The maximum atomic E-state index is 13.2. The Morgan fingerprint density at radius 2 is 1.77 bits per heavy atom. The second-order valence-electron chi connectivity index (χ2n) is 6.53. The van der Waals surface area contributed by atoms with Crippen molar-refractivity contribution in [1.82, 2.24) is 15.5 Å². The lowest BCUT2D eigenvalue weighted by molar-refractivity contribution is 0.0942. The zero-order chi connectivity index (χ0) is 21.7. The Bertz CT molecular complexity index is 1050. The normalized spacial score (nSPS) is 10.7. The molecule has 0 unspecified atom stereocenters. The molecule has 3 aromatic rings. The molecule has 0 aliphatic carbocycles. The summed E-state index contributed by atoms with van der Waals surface area (Å²) in [4.78, 5) is 24.1. The highest BCUT2D eigenvalue weighted by molar-refractivity contribution is 7.13. The number of nitrogens with zero attached hydrogens (tertiary/aromatic N) is 2. The highest BCUT2D eigenvalue weighted by atomic mass is 32.1. The number of aromatic nitrogens is 2. The topological polar surface area (TPSA) is 93.2 Å². The number of carbonyl (C=O) groups excluding carboxylic acids is 2. The molecule has 156 valence electrons. The van der Waals surface area contributed by atoms with Gasteiger partial charge in [-0.15, -0.1) is 10.2 Å². The van der Waals surface area contributed by atoms with Crippen LogP contribution in [0.15, 0.2) is 42.5 Å². The molecule has 0 fully saturated rings. The number of nitrogens with one attached hydrogen (secondary N) is 2. The van der Waals surface area contributed by atoms with Gasteiger partial charge in [0.25, 0.3) is 11.8 Å². The van der Waals surface area contributed by atoms with Gasteiger partial charge >= 0.3 is 0 Å². The molecular formula is C20H18F2N4O3S. The summed E-state index contributed by atoms with van der Waals surface area (Å²) in [6.45, 7) is 3.83. The van der Waals surface area contributed by atoms with Crippen LogP contribution in [0.4, 0.5) is 14.5 Å². The van der Waals surface area contributed by atoms with Gasteiger partial charge in [-0.3, -0.25) is 9.59 Å². The maximum absolute atomic E-state index is 13.2. The van der Waals surface area contributed by atoms with Crippen molar-refractivity contribution in [2.24, 2.45) is 0 Å². The second kappa shape index (κ2) is 9.40. The minimum Gasteiger partial charge on any atom is -0.486 e. The number of hydrogen-bond acceptors (Lipinski definition) is 6. The average Bonchev–Trinajstić information content (AvgIpc) is 3.18. The number of hydrogen-bond donors (Lipinski definition) is 2. The predicted octanol–water partition coefficient (Wildman–Crippen LogP) is 3.79. The van der Waals surface area contributed by atoms with Crippen molar-refractivity contribution in [3.05, 3.63) is 69.7 Å². The van der Waals surface area contributed by atoms with Crippen LogP contribution in [0, 0.1) is 11.6 Å². The van der Waals surface area contributed by atoms with Gasteiger partial charge in [0.15, 0.2) is 16.6 Å². The SMILES string of the molecule is CC(C)NC(=O)c1ccc(OCc2nnc(C(=O)Nc3ccc(F)c(F)c3)s2)cc1. The minimum absolute atomic E-state index is 0.0410. The lowest BCUT2D eigenvalue weighted by Gasteiger charge is -2.09. The fraction of sp³-hybridized carbons (Fsp3) is 0.200. The number of carbonyl (C=O) groups is 2. The van der Waals surface area contributed by atoms with E-state index in [4.69, 9.17) is 4.74 Å². The largest absolute Gasteiger partial charge is 0.486 e. The Morgan fingerprint density at radius 3 is 2.43 bits per heavy atom. The van der Waals surface area contributed by atoms with Crippen LogP contribution < -0.4 is 15.4 Å². The smallest absolute Gasteiger partial charge is 0.286 e. The molecule has 0 radical (unpaired) electrons. The maximum Gasteiger partial charge on any atom is 0.286 e. The van der Waals surface area contributed by atoms with Gasteiger partial charge < -0.3 is 15.4 Å². The van der Waals surface area contributed by atoms with E-state index >= 15 is 0 Å². The molecule has 2 amide bonds.